The van der Waals surface area contributed by atoms with Gasteiger partial charge in [-0.1, -0.05) is 6.42 Å². The lowest BCUT2D eigenvalue weighted by Crippen LogP contribution is -2.47. The number of hydrogen-bond donors (Lipinski definition) is 0. The molecule has 2 saturated heterocycles. The van der Waals surface area contributed by atoms with Crippen molar-refractivity contribution < 1.29 is 4.79 Å². The van der Waals surface area contributed by atoms with Crippen LogP contribution in [0.25, 0.3) is 0 Å². The van der Waals surface area contributed by atoms with Gasteiger partial charge in [0.25, 0.3) is 0 Å². The molecule has 3 rings (SSSR count). The van der Waals surface area contributed by atoms with Gasteiger partial charge in [-0.05, 0) is 31.9 Å². The van der Waals surface area contributed by atoms with Gasteiger partial charge >= 0.3 is 0 Å². The van der Waals surface area contributed by atoms with Crippen molar-refractivity contribution in [3.05, 3.63) is 18.5 Å². The minimum atomic E-state index is 0.355. The first kappa shape index (κ1) is 16.2. The Morgan fingerprint density at radius 1 is 0.913 bits per heavy atom. The van der Waals surface area contributed by atoms with E-state index in [1.165, 1.54) is 12.8 Å². The highest BCUT2D eigenvalue weighted by Crippen LogP contribution is 2.13. The molecule has 2 aliphatic rings. The van der Waals surface area contributed by atoms with Crippen molar-refractivity contribution >= 4 is 11.9 Å². The van der Waals surface area contributed by atoms with Crippen molar-refractivity contribution in [1.82, 2.24) is 19.8 Å². The summed E-state index contributed by atoms with van der Waals surface area (Å²) in [5, 5.41) is 0. The highest BCUT2D eigenvalue weighted by Gasteiger charge is 2.20. The number of rotatable bonds is 5. The number of likely N-dealkylation sites (tertiary alicyclic amines) is 1. The molecule has 1 aromatic heterocycles. The van der Waals surface area contributed by atoms with E-state index in [0.29, 0.717) is 5.91 Å². The fourth-order valence-corrected chi connectivity index (χ4v) is 3.39. The normalized spacial score (nSPS) is 20.6. The Labute approximate surface area is 138 Å². The first-order valence-electron chi connectivity index (χ1n) is 8.85. The van der Waals surface area contributed by atoms with E-state index in [-0.39, 0.29) is 0 Å². The molecule has 23 heavy (non-hydrogen) atoms. The van der Waals surface area contributed by atoms with E-state index in [1.54, 1.807) is 12.4 Å². The zero-order valence-corrected chi connectivity index (χ0v) is 13.9. The summed E-state index contributed by atoms with van der Waals surface area (Å²) in [6, 6.07) is 1.85. The van der Waals surface area contributed by atoms with Gasteiger partial charge in [0.15, 0.2) is 0 Å². The second-order valence-corrected chi connectivity index (χ2v) is 6.42. The van der Waals surface area contributed by atoms with Gasteiger partial charge in [0.05, 0.1) is 0 Å². The fraction of sp³-hybridized carbons (Fsp3) is 0.706. The molecule has 0 N–H and O–H groups in total. The molecule has 0 aliphatic carbocycles. The summed E-state index contributed by atoms with van der Waals surface area (Å²) >= 11 is 0. The quantitative estimate of drug-likeness (QED) is 0.821. The molecule has 2 fully saturated rings. The first-order valence-corrected chi connectivity index (χ1v) is 8.85. The molecule has 0 unspecified atom stereocenters. The summed E-state index contributed by atoms with van der Waals surface area (Å²) in [5.74, 6) is 1.19. The molecule has 6 heteroatoms. The number of amides is 1. The van der Waals surface area contributed by atoms with E-state index in [9.17, 15) is 4.79 Å². The third-order valence-electron chi connectivity index (χ3n) is 4.78. The van der Waals surface area contributed by atoms with Crippen molar-refractivity contribution in [2.24, 2.45) is 0 Å². The second kappa shape index (κ2) is 8.24. The number of carbonyl (C=O) groups excluding carboxylic acids is 1. The first-order chi connectivity index (χ1) is 11.3. The molecule has 1 amide bonds. The summed E-state index contributed by atoms with van der Waals surface area (Å²) < 4.78 is 0. The number of nitrogens with zero attached hydrogens (tertiary/aromatic N) is 5. The van der Waals surface area contributed by atoms with E-state index < -0.39 is 0 Å². The zero-order valence-electron chi connectivity index (χ0n) is 13.9. The maximum Gasteiger partial charge on any atom is 0.225 e. The maximum atomic E-state index is 12.0. The molecule has 0 radical (unpaired) electrons. The smallest absolute Gasteiger partial charge is 0.225 e. The molecule has 1 aromatic rings. The van der Waals surface area contributed by atoms with Gasteiger partial charge in [0.2, 0.25) is 11.9 Å². The van der Waals surface area contributed by atoms with Gasteiger partial charge in [0, 0.05) is 58.1 Å². The minimum Gasteiger partial charge on any atom is -0.343 e. The van der Waals surface area contributed by atoms with Crippen LogP contribution in [0.5, 0.6) is 0 Å². The molecule has 2 aliphatic heterocycles. The van der Waals surface area contributed by atoms with Gasteiger partial charge in [-0.3, -0.25) is 9.69 Å². The fourth-order valence-electron chi connectivity index (χ4n) is 3.39. The number of carbonyl (C=O) groups is 1. The van der Waals surface area contributed by atoms with Crippen LogP contribution in [0, 0.1) is 0 Å². The van der Waals surface area contributed by atoms with Crippen LogP contribution in [-0.4, -0.2) is 71.5 Å². The third-order valence-corrected chi connectivity index (χ3v) is 4.78. The number of anilines is 1. The molecule has 0 atom stereocenters. The van der Waals surface area contributed by atoms with Crippen molar-refractivity contribution in [2.45, 2.75) is 32.1 Å². The number of piperazine rings is 1. The third kappa shape index (κ3) is 4.64. The van der Waals surface area contributed by atoms with Crippen molar-refractivity contribution in [3.63, 3.8) is 0 Å². The summed E-state index contributed by atoms with van der Waals surface area (Å²) in [5.41, 5.74) is 0. The van der Waals surface area contributed by atoms with E-state index in [4.69, 9.17) is 0 Å². The second-order valence-electron chi connectivity index (χ2n) is 6.42. The SMILES string of the molecule is O=C1CCCCCN1CCCN1CCN(c2ncccn2)CC1. The van der Waals surface area contributed by atoms with Crippen molar-refractivity contribution in [3.8, 4) is 0 Å². The largest absolute Gasteiger partial charge is 0.343 e. The zero-order chi connectivity index (χ0) is 15.9. The highest BCUT2D eigenvalue weighted by molar-refractivity contribution is 5.76. The van der Waals surface area contributed by atoms with Crippen LogP contribution < -0.4 is 4.90 Å². The predicted molar refractivity (Wildman–Crippen MR) is 90.4 cm³/mol. The Bertz CT molecular complexity index is 487. The van der Waals surface area contributed by atoms with Gasteiger partial charge in [-0.15, -0.1) is 0 Å². The van der Waals surface area contributed by atoms with E-state index in [0.717, 1.165) is 71.0 Å². The van der Waals surface area contributed by atoms with Gasteiger partial charge < -0.3 is 9.80 Å². The van der Waals surface area contributed by atoms with Crippen LogP contribution >= 0.6 is 0 Å². The minimum absolute atomic E-state index is 0.355. The molecule has 0 aromatic carbocycles. The van der Waals surface area contributed by atoms with Gasteiger partial charge in [-0.25, -0.2) is 9.97 Å². The predicted octanol–water partition coefficient (Wildman–Crippen LogP) is 1.39. The van der Waals surface area contributed by atoms with Gasteiger partial charge in [0.1, 0.15) is 0 Å². The summed E-state index contributed by atoms with van der Waals surface area (Å²) in [6.45, 7) is 7.00. The van der Waals surface area contributed by atoms with Crippen molar-refractivity contribution in [2.75, 3.05) is 50.7 Å². The molecule has 3 heterocycles. The molecule has 0 spiro atoms. The Hall–Kier alpha value is -1.69. The average molecular weight is 317 g/mol. The molecule has 6 nitrogen and oxygen atoms in total. The summed E-state index contributed by atoms with van der Waals surface area (Å²) in [7, 11) is 0. The van der Waals surface area contributed by atoms with Crippen LogP contribution in [-0.2, 0) is 4.79 Å². The molecule has 0 saturated carbocycles. The van der Waals surface area contributed by atoms with Gasteiger partial charge in [-0.2, -0.15) is 0 Å². The monoisotopic (exact) mass is 317 g/mol. The van der Waals surface area contributed by atoms with E-state index in [2.05, 4.69) is 24.7 Å². The van der Waals surface area contributed by atoms with Crippen LogP contribution in [0.15, 0.2) is 18.5 Å². The Morgan fingerprint density at radius 2 is 1.70 bits per heavy atom. The van der Waals surface area contributed by atoms with E-state index in [1.807, 2.05) is 6.07 Å². The average Bonchev–Trinajstić information content (AvgIpc) is 2.81. The molecule has 126 valence electrons. The summed E-state index contributed by atoms with van der Waals surface area (Å²) in [6.07, 6.45) is 8.86. The highest BCUT2D eigenvalue weighted by atomic mass is 16.2. The Balaban J connectivity index is 1.37. The van der Waals surface area contributed by atoms with Crippen LogP contribution in [0.2, 0.25) is 0 Å². The lowest BCUT2D eigenvalue weighted by molar-refractivity contribution is -0.130. The van der Waals surface area contributed by atoms with Crippen LogP contribution in [0.4, 0.5) is 5.95 Å². The topological polar surface area (TPSA) is 52.6 Å². The maximum absolute atomic E-state index is 12.0. The van der Waals surface area contributed by atoms with E-state index >= 15 is 0 Å². The van der Waals surface area contributed by atoms with Crippen LogP contribution in [0.3, 0.4) is 0 Å². The van der Waals surface area contributed by atoms with Crippen LogP contribution in [0.1, 0.15) is 32.1 Å². The standard InChI is InChI=1S/C17H27N5O/c23-16-6-2-1-3-10-21(16)11-5-9-20-12-14-22(15-13-20)17-18-7-4-8-19-17/h4,7-8H,1-3,5-6,9-15H2. The lowest BCUT2D eigenvalue weighted by atomic mass is 10.2. The van der Waals surface area contributed by atoms with Crippen molar-refractivity contribution in [1.29, 1.82) is 0 Å². The molecular formula is C17H27N5O. The Morgan fingerprint density at radius 3 is 2.48 bits per heavy atom. The number of aromatic nitrogens is 2. The summed E-state index contributed by atoms with van der Waals surface area (Å²) in [4.78, 5) is 27.4. The molecule has 0 bridgehead atoms. The number of hydrogen-bond acceptors (Lipinski definition) is 5. The Kier molecular flexibility index (Phi) is 5.80. The lowest BCUT2D eigenvalue weighted by Gasteiger charge is -2.35. The molecular weight excluding hydrogens is 290 g/mol.